The maximum Gasteiger partial charge on any atom is 0.301 e. The number of Topliss-reactive ketones (excluding diaryl/α,β-unsaturated/α-hetero) is 1. The van der Waals surface area contributed by atoms with Crippen LogP contribution in [0.25, 0.3) is 16.0 Å². The monoisotopic (exact) mass is 514 g/mol. The summed E-state index contributed by atoms with van der Waals surface area (Å²) in [6.07, 6.45) is 0.854. The Morgan fingerprint density at radius 1 is 1.00 bits per heavy atom. The fraction of sp³-hybridized carbons (Fsp3) is 0.207. The summed E-state index contributed by atoms with van der Waals surface area (Å²) < 4.78 is 11.6. The van der Waals surface area contributed by atoms with Crippen molar-refractivity contribution >= 4 is 44.1 Å². The molecule has 0 saturated carbocycles. The number of ketones is 1. The summed E-state index contributed by atoms with van der Waals surface area (Å²) in [6.45, 7) is 4.46. The van der Waals surface area contributed by atoms with Gasteiger partial charge >= 0.3 is 5.91 Å². The highest BCUT2D eigenvalue weighted by Crippen LogP contribution is 2.44. The van der Waals surface area contributed by atoms with Crippen molar-refractivity contribution in [3.63, 3.8) is 0 Å². The number of nitrogens with zero attached hydrogens (tertiary/aromatic N) is 2. The molecule has 1 unspecified atom stereocenters. The van der Waals surface area contributed by atoms with Crippen LogP contribution in [0.2, 0.25) is 0 Å². The van der Waals surface area contributed by atoms with Crippen molar-refractivity contribution in [2.45, 2.75) is 26.3 Å². The average Bonchev–Trinajstić information content (AvgIpc) is 3.46. The largest absolute Gasteiger partial charge is 0.507 e. The first-order valence-corrected chi connectivity index (χ1v) is 12.8. The molecule has 37 heavy (non-hydrogen) atoms. The Balaban J connectivity index is 1.67. The summed E-state index contributed by atoms with van der Waals surface area (Å²) in [4.78, 5) is 32.9. The van der Waals surface area contributed by atoms with Crippen molar-refractivity contribution in [1.29, 1.82) is 0 Å². The van der Waals surface area contributed by atoms with Crippen LogP contribution in [-0.2, 0) is 16.0 Å². The van der Waals surface area contributed by atoms with E-state index in [1.165, 1.54) is 16.2 Å². The Morgan fingerprint density at radius 3 is 2.35 bits per heavy atom. The third-order valence-corrected chi connectivity index (χ3v) is 7.39. The molecule has 1 N–H and O–H groups in total. The van der Waals surface area contributed by atoms with E-state index in [4.69, 9.17) is 9.47 Å². The molecule has 8 heteroatoms. The number of aryl methyl sites for hydroxylation is 1. The molecule has 1 fully saturated rings. The van der Waals surface area contributed by atoms with Crippen molar-refractivity contribution in [3.8, 4) is 11.5 Å². The molecular weight excluding hydrogens is 488 g/mol. The number of ether oxygens (including phenoxy) is 2. The molecule has 5 rings (SSSR count). The SMILES string of the molecule is CCOc1ccc(/C(O)=C2\C(=O)C(=O)N(c3nc4ccc(OC)cc4s3)C2c2ccc(CC)cc2)cc1. The number of aromatic nitrogens is 1. The highest BCUT2D eigenvalue weighted by atomic mass is 32.1. The van der Waals surface area contributed by atoms with E-state index in [2.05, 4.69) is 11.9 Å². The van der Waals surface area contributed by atoms with Gasteiger partial charge in [0.2, 0.25) is 0 Å². The van der Waals surface area contributed by atoms with Crippen LogP contribution in [0.5, 0.6) is 11.5 Å². The van der Waals surface area contributed by atoms with E-state index in [0.717, 1.165) is 16.7 Å². The van der Waals surface area contributed by atoms with Gasteiger partial charge in [-0.1, -0.05) is 42.5 Å². The maximum atomic E-state index is 13.5. The fourth-order valence-electron chi connectivity index (χ4n) is 4.43. The van der Waals surface area contributed by atoms with E-state index in [1.54, 1.807) is 37.4 Å². The summed E-state index contributed by atoms with van der Waals surface area (Å²) in [5, 5.41) is 11.7. The molecule has 2 heterocycles. The molecule has 1 atom stereocenters. The molecule has 7 nitrogen and oxygen atoms in total. The van der Waals surface area contributed by atoms with E-state index >= 15 is 0 Å². The number of thiazole rings is 1. The van der Waals surface area contributed by atoms with Gasteiger partial charge in [0.1, 0.15) is 17.3 Å². The van der Waals surface area contributed by atoms with Gasteiger partial charge in [0, 0.05) is 5.56 Å². The summed E-state index contributed by atoms with van der Waals surface area (Å²) in [7, 11) is 1.59. The van der Waals surface area contributed by atoms with Gasteiger partial charge in [-0.2, -0.15) is 0 Å². The minimum absolute atomic E-state index is 0.0234. The number of rotatable bonds is 7. The second-order valence-corrected chi connectivity index (χ2v) is 9.56. The van der Waals surface area contributed by atoms with E-state index in [1.807, 2.05) is 43.3 Å². The lowest BCUT2D eigenvalue weighted by Gasteiger charge is -2.23. The number of carbonyl (C=O) groups excluding carboxylic acids is 2. The van der Waals surface area contributed by atoms with E-state index in [0.29, 0.717) is 39.9 Å². The fourth-order valence-corrected chi connectivity index (χ4v) is 5.46. The van der Waals surface area contributed by atoms with E-state index < -0.39 is 17.7 Å². The summed E-state index contributed by atoms with van der Waals surface area (Å²) in [5.74, 6) is -0.407. The van der Waals surface area contributed by atoms with Crippen LogP contribution in [0.3, 0.4) is 0 Å². The number of hydrogen-bond donors (Lipinski definition) is 1. The second-order valence-electron chi connectivity index (χ2n) is 8.55. The molecule has 4 aromatic rings. The molecule has 3 aromatic carbocycles. The van der Waals surface area contributed by atoms with Crippen LogP contribution >= 0.6 is 11.3 Å². The number of fused-ring (bicyclic) bond motifs is 1. The standard InChI is InChI=1S/C29H26N2O5S/c1-4-17-6-8-18(9-7-17)25-24(26(32)19-10-12-20(13-11-19)36-5-2)27(33)28(34)31(25)29-30-22-15-14-21(35-3)16-23(22)37-29/h6-16,25,32H,4-5H2,1-3H3/b26-24+. The third-order valence-electron chi connectivity index (χ3n) is 6.38. The van der Waals surface area contributed by atoms with Crippen molar-refractivity contribution in [3.05, 3.63) is 89.0 Å². The summed E-state index contributed by atoms with van der Waals surface area (Å²) in [6, 6.07) is 19.1. The number of amides is 1. The van der Waals surface area contributed by atoms with Gasteiger partial charge in [-0.3, -0.25) is 14.5 Å². The van der Waals surface area contributed by atoms with Gasteiger partial charge in [-0.05, 0) is 66.9 Å². The normalized spacial score (nSPS) is 16.9. The Labute approximate surface area is 218 Å². The first kappa shape index (κ1) is 24.5. The molecule has 1 saturated heterocycles. The first-order valence-electron chi connectivity index (χ1n) is 12.0. The minimum Gasteiger partial charge on any atom is -0.507 e. The van der Waals surface area contributed by atoms with E-state index in [9.17, 15) is 14.7 Å². The zero-order valence-electron chi connectivity index (χ0n) is 20.7. The third kappa shape index (κ3) is 4.44. The Bertz CT molecular complexity index is 1510. The van der Waals surface area contributed by atoms with Crippen LogP contribution in [0, 0.1) is 0 Å². The highest BCUT2D eigenvalue weighted by molar-refractivity contribution is 7.22. The van der Waals surface area contributed by atoms with Crippen LogP contribution in [0.1, 0.15) is 36.6 Å². The minimum atomic E-state index is -0.833. The molecular formula is C29H26N2O5S. The molecule has 188 valence electrons. The van der Waals surface area contributed by atoms with E-state index in [-0.39, 0.29) is 11.3 Å². The zero-order valence-corrected chi connectivity index (χ0v) is 21.5. The van der Waals surface area contributed by atoms with Crippen LogP contribution in [0.15, 0.2) is 72.3 Å². The van der Waals surface area contributed by atoms with Gasteiger partial charge < -0.3 is 14.6 Å². The van der Waals surface area contributed by atoms with Crippen LogP contribution < -0.4 is 14.4 Å². The number of anilines is 1. The van der Waals surface area contributed by atoms with Gasteiger partial charge in [-0.15, -0.1) is 0 Å². The summed E-state index contributed by atoms with van der Waals surface area (Å²) in [5.41, 5.74) is 2.97. The number of methoxy groups -OCH3 is 1. The van der Waals surface area contributed by atoms with Crippen LogP contribution in [-0.4, -0.2) is 35.5 Å². The maximum absolute atomic E-state index is 13.5. The van der Waals surface area contributed by atoms with Gasteiger partial charge in [0.25, 0.3) is 5.78 Å². The van der Waals surface area contributed by atoms with Crippen molar-refractivity contribution < 1.29 is 24.2 Å². The lowest BCUT2D eigenvalue weighted by molar-refractivity contribution is -0.132. The Morgan fingerprint density at radius 2 is 1.70 bits per heavy atom. The quantitative estimate of drug-likeness (QED) is 0.188. The van der Waals surface area contributed by atoms with Crippen molar-refractivity contribution in [2.24, 2.45) is 0 Å². The number of aliphatic hydroxyl groups is 1. The summed E-state index contributed by atoms with van der Waals surface area (Å²) >= 11 is 1.29. The smallest absolute Gasteiger partial charge is 0.301 e. The number of hydrogen-bond acceptors (Lipinski definition) is 7. The predicted molar refractivity (Wildman–Crippen MR) is 144 cm³/mol. The van der Waals surface area contributed by atoms with Crippen LogP contribution in [0.4, 0.5) is 5.13 Å². The van der Waals surface area contributed by atoms with Crippen molar-refractivity contribution in [1.82, 2.24) is 4.98 Å². The lowest BCUT2D eigenvalue weighted by Crippen LogP contribution is -2.29. The molecule has 0 spiro atoms. The van der Waals surface area contributed by atoms with Crippen molar-refractivity contribution in [2.75, 3.05) is 18.6 Å². The number of carbonyl (C=O) groups is 2. The lowest BCUT2D eigenvalue weighted by atomic mass is 9.94. The van der Waals surface area contributed by atoms with Gasteiger partial charge in [-0.25, -0.2) is 4.98 Å². The molecule has 0 bridgehead atoms. The highest BCUT2D eigenvalue weighted by Gasteiger charge is 2.48. The topological polar surface area (TPSA) is 89.0 Å². The molecule has 1 aliphatic rings. The average molecular weight is 515 g/mol. The number of aliphatic hydroxyl groups excluding tert-OH is 1. The molecule has 1 amide bonds. The molecule has 0 aliphatic carbocycles. The molecule has 1 aromatic heterocycles. The molecule has 1 aliphatic heterocycles. The predicted octanol–water partition coefficient (Wildman–Crippen LogP) is 5.89. The Kier molecular flexibility index (Phi) is 6.67. The number of benzene rings is 3. The van der Waals surface area contributed by atoms with Gasteiger partial charge in [0.05, 0.1) is 35.5 Å². The first-order chi connectivity index (χ1) is 17.9. The molecule has 0 radical (unpaired) electrons. The second kappa shape index (κ2) is 10.1. The zero-order chi connectivity index (χ0) is 26.1. The Hall–Kier alpha value is -4.17. The van der Waals surface area contributed by atoms with Gasteiger partial charge in [0.15, 0.2) is 5.13 Å².